The second kappa shape index (κ2) is 6.37. The lowest BCUT2D eigenvalue weighted by atomic mass is 9.96. The molecule has 1 nitrogen and oxygen atoms in total. The van der Waals surface area contributed by atoms with Crippen LogP contribution in [0.15, 0.2) is 36.1 Å². The first-order valence-corrected chi connectivity index (χ1v) is 5.94. The Balaban J connectivity index is 2.68. The molecule has 0 fully saturated rings. The molecule has 1 unspecified atom stereocenters. The van der Waals surface area contributed by atoms with Crippen molar-refractivity contribution in [1.29, 1.82) is 0 Å². The molecule has 0 aliphatic carbocycles. The van der Waals surface area contributed by atoms with Gasteiger partial charge in [0.05, 0.1) is 13.4 Å². The third-order valence-corrected chi connectivity index (χ3v) is 2.96. The minimum atomic E-state index is 0.657. The summed E-state index contributed by atoms with van der Waals surface area (Å²) in [6.45, 7) is 6.58. The van der Waals surface area contributed by atoms with Crippen LogP contribution >= 0.6 is 0 Å². The molecule has 0 amide bonds. The summed E-state index contributed by atoms with van der Waals surface area (Å²) in [6.07, 6.45) is 3.97. The standard InChI is InChI=1S/C15H22O/c1-5-13(3)15-8-6-14(7-9-15)10-12(2)11-16-4/h6-9,11,13H,5,10H2,1-4H3. The van der Waals surface area contributed by atoms with Crippen LogP contribution in [0.2, 0.25) is 0 Å². The second-order valence-corrected chi connectivity index (χ2v) is 4.43. The van der Waals surface area contributed by atoms with Gasteiger partial charge in [-0.15, -0.1) is 0 Å². The monoisotopic (exact) mass is 218 g/mol. The van der Waals surface area contributed by atoms with Crippen LogP contribution < -0.4 is 0 Å². The molecule has 1 heteroatoms. The van der Waals surface area contributed by atoms with E-state index in [0.29, 0.717) is 5.92 Å². The molecule has 0 radical (unpaired) electrons. The van der Waals surface area contributed by atoms with Gasteiger partial charge in [-0.05, 0) is 42.4 Å². The van der Waals surface area contributed by atoms with E-state index in [0.717, 1.165) is 6.42 Å². The molecule has 0 heterocycles. The molecule has 0 bridgehead atoms. The molecule has 0 aliphatic heterocycles. The van der Waals surface area contributed by atoms with Crippen LogP contribution in [-0.4, -0.2) is 7.11 Å². The van der Waals surface area contributed by atoms with Crippen LogP contribution in [0, 0.1) is 0 Å². The fourth-order valence-corrected chi connectivity index (χ4v) is 1.76. The van der Waals surface area contributed by atoms with Gasteiger partial charge in [0.25, 0.3) is 0 Å². The summed E-state index contributed by atoms with van der Waals surface area (Å²) in [6, 6.07) is 8.91. The fourth-order valence-electron chi connectivity index (χ4n) is 1.76. The fraction of sp³-hybridized carbons (Fsp3) is 0.467. The van der Waals surface area contributed by atoms with Crippen molar-refractivity contribution >= 4 is 0 Å². The SMILES string of the molecule is CCC(C)c1ccc(CC(C)=COC)cc1. The molecule has 1 aromatic carbocycles. The van der Waals surface area contributed by atoms with Crippen molar-refractivity contribution in [2.24, 2.45) is 0 Å². The summed E-state index contributed by atoms with van der Waals surface area (Å²) >= 11 is 0. The molecule has 0 aromatic heterocycles. The van der Waals surface area contributed by atoms with Gasteiger partial charge >= 0.3 is 0 Å². The Bertz CT molecular complexity index is 335. The van der Waals surface area contributed by atoms with Crippen molar-refractivity contribution in [2.45, 2.75) is 39.5 Å². The summed E-state index contributed by atoms with van der Waals surface area (Å²) < 4.78 is 4.99. The predicted molar refractivity (Wildman–Crippen MR) is 69.6 cm³/mol. The Kier molecular flexibility index (Phi) is 5.10. The highest BCUT2D eigenvalue weighted by Crippen LogP contribution is 2.19. The minimum absolute atomic E-state index is 0.657. The lowest BCUT2D eigenvalue weighted by Crippen LogP contribution is -1.93. The van der Waals surface area contributed by atoms with E-state index in [1.165, 1.54) is 23.1 Å². The van der Waals surface area contributed by atoms with Gasteiger partial charge in [0.1, 0.15) is 0 Å². The first-order chi connectivity index (χ1) is 7.67. The van der Waals surface area contributed by atoms with Crippen LogP contribution in [0.25, 0.3) is 0 Å². The molecule has 1 aromatic rings. The number of allylic oxidation sites excluding steroid dienone is 1. The first-order valence-electron chi connectivity index (χ1n) is 5.94. The van der Waals surface area contributed by atoms with Gasteiger partial charge in [-0.2, -0.15) is 0 Å². The summed E-state index contributed by atoms with van der Waals surface area (Å²) in [5, 5.41) is 0. The van der Waals surface area contributed by atoms with Gasteiger partial charge < -0.3 is 4.74 Å². The van der Waals surface area contributed by atoms with E-state index >= 15 is 0 Å². The molecule has 0 spiro atoms. The van der Waals surface area contributed by atoms with E-state index in [-0.39, 0.29) is 0 Å². The number of methoxy groups -OCH3 is 1. The van der Waals surface area contributed by atoms with Crippen molar-refractivity contribution in [3.05, 3.63) is 47.2 Å². The molecule has 1 atom stereocenters. The zero-order chi connectivity index (χ0) is 12.0. The molecular weight excluding hydrogens is 196 g/mol. The normalized spacial score (nSPS) is 13.6. The lowest BCUT2D eigenvalue weighted by molar-refractivity contribution is 0.333. The maximum Gasteiger partial charge on any atom is 0.0817 e. The third-order valence-electron chi connectivity index (χ3n) is 2.96. The third kappa shape index (κ3) is 3.73. The number of benzene rings is 1. The summed E-state index contributed by atoms with van der Waals surface area (Å²) in [5.74, 6) is 0.657. The van der Waals surface area contributed by atoms with Gasteiger partial charge in [0.15, 0.2) is 0 Å². The Labute approximate surface area is 99.1 Å². The van der Waals surface area contributed by atoms with Gasteiger partial charge in [0, 0.05) is 0 Å². The Hall–Kier alpha value is -1.24. The van der Waals surface area contributed by atoms with Gasteiger partial charge in [-0.1, -0.05) is 38.1 Å². The molecular formula is C15H22O. The molecule has 0 aliphatic rings. The van der Waals surface area contributed by atoms with E-state index in [1.807, 2.05) is 6.26 Å². The second-order valence-electron chi connectivity index (χ2n) is 4.43. The van der Waals surface area contributed by atoms with Crippen molar-refractivity contribution in [3.63, 3.8) is 0 Å². The van der Waals surface area contributed by atoms with Crippen molar-refractivity contribution in [3.8, 4) is 0 Å². The number of hydrogen-bond donors (Lipinski definition) is 0. The number of ether oxygens (including phenoxy) is 1. The number of hydrogen-bond acceptors (Lipinski definition) is 1. The highest BCUT2D eigenvalue weighted by molar-refractivity contribution is 5.27. The van der Waals surface area contributed by atoms with Crippen LogP contribution in [-0.2, 0) is 11.2 Å². The molecule has 88 valence electrons. The van der Waals surface area contributed by atoms with E-state index in [2.05, 4.69) is 45.0 Å². The molecule has 0 saturated carbocycles. The number of rotatable bonds is 5. The Morgan fingerprint density at radius 2 is 1.94 bits per heavy atom. The van der Waals surface area contributed by atoms with E-state index in [1.54, 1.807) is 7.11 Å². The summed E-state index contributed by atoms with van der Waals surface area (Å²) in [7, 11) is 1.69. The average Bonchev–Trinajstić information content (AvgIpc) is 2.29. The minimum Gasteiger partial charge on any atom is -0.504 e. The highest BCUT2D eigenvalue weighted by atomic mass is 16.5. The van der Waals surface area contributed by atoms with Crippen molar-refractivity contribution in [2.75, 3.05) is 7.11 Å². The zero-order valence-electron chi connectivity index (χ0n) is 10.8. The van der Waals surface area contributed by atoms with Gasteiger partial charge in [-0.3, -0.25) is 0 Å². The zero-order valence-corrected chi connectivity index (χ0v) is 10.8. The quantitative estimate of drug-likeness (QED) is 0.670. The molecule has 16 heavy (non-hydrogen) atoms. The van der Waals surface area contributed by atoms with E-state index in [4.69, 9.17) is 4.74 Å². The maximum absolute atomic E-state index is 4.99. The van der Waals surface area contributed by atoms with Crippen molar-refractivity contribution < 1.29 is 4.74 Å². The smallest absolute Gasteiger partial charge is 0.0817 e. The van der Waals surface area contributed by atoms with E-state index < -0.39 is 0 Å². The summed E-state index contributed by atoms with van der Waals surface area (Å²) in [4.78, 5) is 0. The van der Waals surface area contributed by atoms with Crippen LogP contribution in [0.1, 0.15) is 44.2 Å². The Morgan fingerprint density at radius 3 is 2.44 bits per heavy atom. The van der Waals surface area contributed by atoms with Gasteiger partial charge in [0.2, 0.25) is 0 Å². The van der Waals surface area contributed by atoms with Crippen LogP contribution in [0.5, 0.6) is 0 Å². The maximum atomic E-state index is 4.99. The molecule has 0 N–H and O–H groups in total. The van der Waals surface area contributed by atoms with E-state index in [9.17, 15) is 0 Å². The van der Waals surface area contributed by atoms with Crippen molar-refractivity contribution in [1.82, 2.24) is 0 Å². The van der Waals surface area contributed by atoms with Crippen LogP contribution in [0.4, 0.5) is 0 Å². The topological polar surface area (TPSA) is 9.23 Å². The highest BCUT2D eigenvalue weighted by Gasteiger charge is 2.02. The largest absolute Gasteiger partial charge is 0.504 e. The predicted octanol–water partition coefficient (Wildman–Crippen LogP) is 4.29. The lowest BCUT2D eigenvalue weighted by Gasteiger charge is -2.09. The molecule has 1 rings (SSSR count). The Morgan fingerprint density at radius 1 is 1.31 bits per heavy atom. The molecule has 0 saturated heterocycles. The first kappa shape index (κ1) is 12.8. The summed E-state index contributed by atoms with van der Waals surface area (Å²) in [5.41, 5.74) is 4.02. The van der Waals surface area contributed by atoms with Crippen LogP contribution in [0.3, 0.4) is 0 Å². The average molecular weight is 218 g/mol. The van der Waals surface area contributed by atoms with Gasteiger partial charge in [-0.25, -0.2) is 0 Å².